The van der Waals surface area contributed by atoms with E-state index in [2.05, 4.69) is 15.8 Å². The van der Waals surface area contributed by atoms with E-state index in [9.17, 15) is 5.11 Å². The van der Waals surface area contributed by atoms with Crippen molar-refractivity contribution >= 4 is 23.5 Å². The Bertz CT molecular complexity index is 424. The quantitative estimate of drug-likeness (QED) is 0.425. The summed E-state index contributed by atoms with van der Waals surface area (Å²) in [5.74, 6) is 0.176. The van der Waals surface area contributed by atoms with Gasteiger partial charge in [-0.2, -0.15) is 5.10 Å². The van der Waals surface area contributed by atoms with E-state index in [1.807, 2.05) is 13.0 Å². The summed E-state index contributed by atoms with van der Waals surface area (Å²) in [5, 5.41) is 16.9. The van der Waals surface area contributed by atoms with Crippen LogP contribution in [0.3, 0.4) is 0 Å². The highest BCUT2D eigenvalue weighted by Crippen LogP contribution is 2.12. The number of benzene rings is 1. The number of phenols is 1. The van der Waals surface area contributed by atoms with Crippen LogP contribution < -0.4 is 10.7 Å². The Morgan fingerprint density at radius 3 is 2.94 bits per heavy atom. The number of methoxy groups -OCH3 is 1. The lowest BCUT2D eigenvalue weighted by Gasteiger charge is -2.13. The van der Waals surface area contributed by atoms with E-state index in [1.165, 1.54) is 6.21 Å². The number of hydrogen-bond donors (Lipinski definition) is 3. The standard InChI is InChI=1S/C12H17N3O2S/c1-9(8-17-2)14-12(18)15-13-7-10-5-3-4-6-11(10)16/h3-7,9,16H,8H2,1-2H3,(H2,14,15,18)/b13-7+/t9-/m1/s1. The Hall–Kier alpha value is -1.66. The maximum atomic E-state index is 9.51. The molecular weight excluding hydrogens is 250 g/mol. The number of phenolic OH excluding ortho intramolecular Hbond substituents is 1. The molecule has 18 heavy (non-hydrogen) atoms. The Balaban J connectivity index is 2.41. The van der Waals surface area contributed by atoms with Gasteiger partial charge in [0.2, 0.25) is 0 Å². The van der Waals surface area contributed by atoms with Gasteiger partial charge in [-0.3, -0.25) is 5.43 Å². The van der Waals surface area contributed by atoms with Crippen LogP contribution in [0.4, 0.5) is 0 Å². The predicted molar refractivity (Wildman–Crippen MR) is 75.9 cm³/mol. The van der Waals surface area contributed by atoms with Gasteiger partial charge in [-0.05, 0) is 31.3 Å². The van der Waals surface area contributed by atoms with Crippen LogP contribution in [-0.2, 0) is 4.74 Å². The summed E-state index contributed by atoms with van der Waals surface area (Å²) in [6, 6.07) is 7.02. The molecule has 0 amide bonds. The zero-order chi connectivity index (χ0) is 13.4. The Kier molecular flexibility index (Phi) is 6.10. The first-order valence-electron chi connectivity index (χ1n) is 5.50. The minimum atomic E-state index is 0.107. The number of hydrogen-bond acceptors (Lipinski definition) is 4. The molecule has 3 N–H and O–H groups in total. The molecule has 0 heterocycles. The second-order valence-corrected chi connectivity index (χ2v) is 4.17. The van der Waals surface area contributed by atoms with Gasteiger partial charge in [0.25, 0.3) is 0 Å². The van der Waals surface area contributed by atoms with Gasteiger partial charge in [-0.1, -0.05) is 12.1 Å². The van der Waals surface area contributed by atoms with Crippen LogP contribution in [0.25, 0.3) is 0 Å². The lowest BCUT2D eigenvalue weighted by atomic mass is 10.2. The van der Waals surface area contributed by atoms with Crippen LogP contribution >= 0.6 is 12.2 Å². The monoisotopic (exact) mass is 267 g/mol. The van der Waals surface area contributed by atoms with E-state index in [1.54, 1.807) is 25.3 Å². The molecular formula is C12H17N3O2S. The fourth-order valence-corrected chi connectivity index (χ4v) is 1.56. The van der Waals surface area contributed by atoms with Crippen molar-refractivity contribution in [2.75, 3.05) is 13.7 Å². The molecule has 0 bridgehead atoms. The SMILES string of the molecule is COC[C@@H](C)NC(=S)N/N=C/c1ccccc1O. The molecule has 0 saturated carbocycles. The summed E-state index contributed by atoms with van der Waals surface area (Å²) < 4.78 is 4.97. The summed E-state index contributed by atoms with van der Waals surface area (Å²) in [4.78, 5) is 0. The van der Waals surface area contributed by atoms with Crippen molar-refractivity contribution in [2.45, 2.75) is 13.0 Å². The van der Waals surface area contributed by atoms with Gasteiger partial charge in [0.15, 0.2) is 5.11 Å². The lowest BCUT2D eigenvalue weighted by Crippen LogP contribution is -2.40. The fourth-order valence-electron chi connectivity index (χ4n) is 1.30. The van der Waals surface area contributed by atoms with Gasteiger partial charge in [0.1, 0.15) is 5.75 Å². The number of thiocarbonyl (C=S) groups is 1. The van der Waals surface area contributed by atoms with E-state index >= 15 is 0 Å². The summed E-state index contributed by atoms with van der Waals surface area (Å²) in [6.45, 7) is 2.51. The number of rotatable bonds is 5. The molecule has 0 aliphatic carbocycles. The highest BCUT2D eigenvalue weighted by molar-refractivity contribution is 7.80. The molecule has 0 unspecified atom stereocenters. The van der Waals surface area contributed by atoms with E-state index in [-0.39, 0.29) is 11.8 Å². The van der Waals surface area contributed by atoms with Crippen molar-refractivity contribution in [3.8, 4) is 5.75 Å². The first kappa shape index (κ1) is 14.4. The van der Waals surface area contributed by atoms with Crippen molar-refractivity contribution in [3.05, 3.63) is 29.8 Å². The highest BCUT2D eigenvalue weighted by Gasteiger charge is 2.01. The first-order chi connectivity index (χ1) is 8.63. The molecule has 0 saturated heterocycles. The zero-order valence-corrected chi connectivity index (χ0v) is 11.2. The average Bonchev–Trinajstić information content (AvgIpc) is 2.31. The number of nitrogens with zero attached hydrogens (tertiary/aromatic N) is 1. The zero-order valence-electron chi connectivity index (χ0n) is 10.4. The maximum absolute atomic E-state index is 9.51. The molecule has 1 atom stereocenters. The molecule has 1 aromatic carbocycles. The smallest absolute Gasteiger partial charge is 0.187 e. The molecule has 1 rings (SSSR count). The Morgan fingerprint density at radius 2 is 2.28 bits per heavy atom. The number of ether oxygens (including phenoxy) is 1. The first-order valence-corrected chi connectivity index (χ1v) is 5.91. The molecule has 0 aromatic heterocycles. The second-order valence-electron chi connectivity index (χ2n) is 3.76. The Morgan fingerprint density at radius 1 is 1.56 bits per heavy atom. The molecule has 0 fully saturated rings. The lowest BCUT2D eigenvalue weighted by molar-refractivity contribution is 0.179. The third-order valence-corrected chi connectivity index (χ3v) is 2.31. The molecule has 5 nitrogen and oxygen atoms in total. The second kappa shape index (κ2) is 7.62. The van der Waals surface area contributed by atoms with E-state index in [0.717, 1.165) is 0 Å². The van der Waals surface area contributed by atoms with Crippen molar-refractivity contribution in [1.29, 1.82) is 0 Å². The molecule has 6 heteroatoms. The number of para-hydroxylation sites is 1. The van der Waals surface area contributed by atoms with Crippen LogP contribution in [0.5, 0.6) is 5.75 Å². The van der Waals surface area contributed by atoms with Crippen molar-refractivity contribution in [1.82, 2.24) is 10.7 Å². The van der Waals surface area contributed by atoms with Crippen LogP contribution in [0.1, 0.15) is 12.5 Å². The molecule has 0 aliphatic rings. The van der Waals surface area contributed by atoms with Gasteiger partial charge >= 0.3 is 0 Å². The highest BCUT2D eigenvalue weighted by atomic mass is 32.1. The number of hydrazone groups is 1. The predicted octanol–water partition coefficient (Wildman–Crippen LogP) is 1.23. The number of aromatic hydroxyl groups is 1. The minimum Gasteiger partial charge on any atom is -0.507 e. The van der Waals surface area contributed by atoms with Crippen molar-refractivity contribution in [3.63, 3.8) is 0 Å². The largest absolute Gasteiger partial charge is 0.507 e. The maximum Gasteiger partial charge on any atom is 0.187 e. The van der Waals surface area contributed by atoms with Gasteiger partial charge in [-0.15, -0.1) is 0 Å². The van der Waals surface area contributed by atoms with E-state index in [4.69, 9.17) is 17.0 Å². The van der Waals surface area contributed by atoms with Crippen LogP contribution in [0.15, 0.2) is 29.4 Å². The third kappa shape index (κ3) is 5.11. The van der Waals surface area contributed by atoms with Gasteiger partial charge in [0.05, 0.1) is 12.8 Å². The molecule has 0 spiro atoms. The average molecular weight is 267 g/mol. The van der Waals surface area contributed by atoms with Crippen LogP contribution in [0, 0.1) is 0 Å². The molecule has 0 aliphatic heterocycles. The summed E-state index contributed by atoms with van der Waals surface area (Å²) in [5.41, 5.74) is 3.29. The Labute approximate surface area is 112 Å². The normalized spacial score (nSPS) is 12.3. The summed E-state index contributed by atoms with van der Waals surface area (Å²) in [6.07, 6.45) is 1.50. The van der Waals surface area contributed by atoms with E-state index in [0.29, 0.717) is 17.3 Å². The molecule has 1 aromatic rings. The van der Waals surface area contributed by atoms with Crippen molar-refractivity contribution < 1.29 is 9.84 Å². The van der Waals surface area contributed by atoms with E-state index < -0.39 is 0 Å². The fraction of sp³-hybridized carbons (Fsp3) is 0.333. The number of nitrogens with one attached hydrogen (secondary N) is 2. The van der Waals surface area contributed by atoms with Gasteiger partial charge in [-0.25, -0.2) is 0 Å². The van der Waals surface area contributed by atoms with Gasteiger partial charge < -0.3 is 15.2 Å². The molecule has 0 radical (unpaired) electrons. The van der Waals surface area contributed by atoms with Crippen LogP contribution in [0.2, 0.25) is 0 Å². The van der Waals surface area contributed by atoms with Crippen molar-refractivity contribution in [2.24, 2.45) is 5.10 Å². The third-order valence-electron chi connectivity index (χ3n) is 2.10. The summed E-state index contributed by atoms with van der Waals surface area (Å²) >= 11 is 5.04. The summed E-state index contributed by atoms with van der Waals surface area (Å²) in [7, 11) is 1.63. The minimum absolute atomic E-state index is 0.107. The van der Waals surface area contributed by atoms with Gasteiger partial charge in [0, 0.05) is 18.7 Å². The van der Waals surface area contributed by atoms with Crippen LogP contribution in [-0.4, -0.2) is 36.2 Å². The topological polar surface area (TPSA) is 65.9 Å². The molecule has 98 valence electrons.